The Labute approximate surface area is 107 Å². The third-order valence-corrected chi connectivity index (χ3v) is 4.18. The van der Waals surface area contributed by atoms with Crippen molar-refractivity contribution in [2.24, 2.45) is 11.7 Å². The van der Waals surface area contributed by atoms with Crippen molar-refractivity contribution in [3.63, 3.8) is 0 Å². The van der Waals surface area contributed by atoms with E-state index in [2.05, 4.69) is 54.0 Å². The molecule has 1 aromatic carbocycles. The molecule has 4 atom stereocenters. The van der Waals surface area contributed by atoms with Crippen LogP contribution in [0, 0.1) is 5.92 Å². The molecule has 1 saturated heterocycles. The number of para-hydroxylation sites is 1. The van der Waals surface area contributed by atoms with Crippen molar-refractivity contribution in [1.29, 1.82) is 0 Å². The number of benzene rings is 1. The van der Waals surface area contributed by atoms with Crippen molar-refractivity contribution in [3.8, 4) is 0 Å². The van der Waals surface area contributed by atoms with Crippen LogP contribution in [0.2, 0.25) is 0 Å². The predicted molar refractivity (Wildman–Crippen MR) is 74.0 cm³/mol. The molecule has 2 heterocycles. The van der Waals surface area contributed by atoms with Crippen LogP contribution in [0.15, 0.2) is 36.4 Å². The van der Waals surface area contributed by atoms with Crippen molar-refractivity contribution < 1.29 is 0 Å². The van der Waals surface area contributed by atoms with Crippen molar-refractivity contribution in [2.75, 3.05) is 5.32 Å². The quantitative estimate of drug-likeness (QED) is 0.657. The van der Waals surface area contributed by atoms with Crippen LogP contribution in [0.4, 0.5) is 5.69 Å². The largest absolute Gasteiger partial charge is 0.367 e. The van der Waals surface area contributed by atoms with Crippen LogP contribution in [-0.4, -0.2) is 12.2 Å². The zero-order valence-corrected chi connectivity index (χ0v) is 10.4. The predicted octanol–water partition coefficient (Wildman–Crippen LogP) is 2.00. The summed E-state index contributed by atoms with van der Waals surface area (Å²) in [6.07, 6.45) is 7.02. The molecule has 92 valence electrons. The van der Waals surface area contributed by atoms with Crippen molar-refractivity contribution >= 4 is 11.3 Å². The first kappa shape index (κ1) is 10.4. The summed E-state index contributed by atoms with van der Waals surface area (Å²) in [5.41, 5.74) is 11.3. The number of hydrogen-bond acceptors (Lipinski definition) is 3. The van der Waals surface area contributed by atoms with Crippen LogP contribution in [0.3, 0.4) is 0 Å². The van der Waals surface area contributed by atoms with Gasteiger partial charge in [0.15, 0.2) is 0 Å². The molecule has 0 bridgehead atoms. The standard InChI is InChI=1S/C15H17N3/c1-8-5-6-9(7-12(8)16)10-3-2-4-11-13(10)17-15-14(11)18-15/h2-8,12,14-15,17-18H,16H2,1H3/t8?,12?,14?,15-/m1/s1. The van der Waals surface area contributed by atoms with E-state index in [1.165, 1.54) is 22.4 Å². The molecule has 0 aromatic heterocycles. The lowest BCUT2D eigenvalue weighted by atomic mass is 9.89. The van der Waals surface area contributed by atoms with E-state index < -0.39 is 0 Å². The number of rotatable bonds is 1. The number of anilines is 1. The maximum Gasteiger partial charge on any atom is 0.0975 e. The van der Waals surface area contributed by atoms with Gasteiger partial charge in [0.05, 0.1) is 12.2 Å². The van der Waals surface area contributed by atoms with Crippen LogP contribution in [-0.2, 0) is 0 Å². The Morgan fingerprint density at radius 3 is 3.00 bits per heavy atom. The van der Waals surface area contributed by atoms with E-state index in [0.29, 0.717) is 18.1 Å². The van der Waals surface area contributed by atoms with Gasteiger partial charge in [-0.2, -0.15) is 0 Å². The molecular formula is C15H17N3. The topological polar surface area (TPSA) is 60.0 Å². The van der Waals surface area contributed by atoms with E-state index in [0.717, 1.165) is 0 Å². The molecule has 3 nitrogen and oxygen atoms in total. The van der Waals surface area contributed by atoms with Gasteiger partial charge in [0.1, 0.15) is 0 Å². The zero-order valence-electron chi connectivity index (χ0n) is 10.4. The molecule has 1 aliphatic carbocycles. The normalized spacial score (nSPS) is 35.6. The highest BCUT2D eigenvalue weighted by Crippen LogP contribution is 2.45. The van der Waals surface area contributed by atoms with Gasteiger partial charge in [-0.3, -0.25) is 5.32 Å². The van der Waals surface area contributed by atoms with E-state index in [-0.39, 0.29) is 6.04 Å². The van der Waals surface area contributed by atoms with Crippen LogP contribution in [0.5, 0.6) is 0 Å². The minimum absolute atomic E-state index is 0.120. The van der Waals surface area contributed by atoms with Gasteiger partial charge in [0, 0.05) is 17.3 Å². The van der Waals surface area contributed by atoms with Gasteiger partial charge in [-0.15, -0.1) is 0 Å². The number of fused-ring (bicyclic) bond motifs is 3. The summed E-state index contributed by atoms with van der Waals surface area (Å²) in [5, 5.41) is 6.93. The SMILES string of the molecule is CC1C=CC(c2cccc3c2N[C@@H]2NC32)=CC1N. The average Bonchev–Trinajstić information content (AvgIpc) is 3.05. The van der Waals surface area contributed by atoms with Gasteiger partial charge in [-0.1, -0.05) is 43.4 Å². The van der Waals surface area contributed by atoms with Crippen LogP contribution in [0.25, 0.3) is 5.57 Å². The molecule has 0 radical (unpaired) electrons. The maximum atomic E-state index is 6.13. The Morgan fingerprint density at radius 2 is 2.17 bits per heavy atom. The molecule has 3 unspecified atom stereocenters. The second-order valence-corrected chi connectivity index (χ2v) is 5.45. The highest BCUT2D eigenvalue weighted by molar-refractivity contribution is 5.86. The van der Waals surface area contributed by atoms with Gasteiger partial charge in [-0.05, 0) is 17.1 Å². The number of nitrogens with one attached hydrogen (secondary N) is 2. The summed E-state index contributed by atoms with van der Waals surface area (Å²) >= 11 is 0. The molecule has 18 heavy (non-hydrogen) atoms. The van der Waals surface area contributed by atoms with Crippen LogP contribution in [0.1, 0.15) is 24.1 Å². The Hall–Kier alpha value is -1.58. The average molecular weight is 239 g/mol. The van der Waals surface area contributed by atoms with E-state index in [9.17, 15) is 0 Å². The Kier molecular flexibility index (Phi) is 1.99. The maximum absolute atomic E-state index is 6.13. The molecule has 3 heteroatoms. The highest BCUT2D eigenvalue weighted by atomic mass is 15.3. The Morgan fingerprint density at radius 1 is 1.28 bits per heavy atom. The third-order valence-electron chi connectivity index (χ3n) is 4.18. The first-order valence-electron chi connectivity index (χ1n) is 6.55. The third kappa shape index (κ3) is 1.38. The molecule has 4 N–H and O–H groups in total. The second-order valence-electron chi connectivity index (χ2n) is 5.45. The summed E-state index contributed by atoms with van der Waals surface area (Å²) in [5.74, 6) is 0.425. The fourth-order valence-corrected chi connectivity index (χ4v) is 2.90. The van der Waals surface area contributed by atoms with Gasteiger partial charge >= 0.3 is 0 Å². The van der Waals surface area contributed by atoms with Crippen molar-refractivity contribution in [3.05, 3.63) is 47.6 Å². The van der Waals surface area contributed by atoms with Gasteiger partial charge in [0.2, 0.25) is 0 Å². The molecule has 0 amide bonds. The monoisotopic (exact) mass is 239 g/mol. The van der Waals surface area contributed by atoms with Crippen LogP contribution < -0.4 is 16.4 Å². The first-order valence-corrected chi connectivity index (χ1v) is 6.55. The molecule has 2 aliphatic heterocycles. The summed E-state index contributed by atoms with van der Waals surface area (Å²) in [6.45, 7) is 2.15. The number of allylic oxidation sites excluding steroid dienone is 2. The molecule has 1 fully saturated rings. The Balaban J connectivity index is 1.79. The summed E-state index contributed by atoms with van der Waals surface area (Å²) in [6, 6.07) is 7.15. The van der Waals surface area contributed by atoms with E-state index in [1.54, 1.807) is 0 Å². The van der Waals surface area contributed by atoms with E-state index >= 15 is 0 Å². The van der Waals surface area contributed by atoms with E-state index in [4.69, 9.17) is 5.73 Å². The lowest BCUT2D eigenvalue weighted by Crippen LogP contribution is -2.26. The minimum atomic E-state index is 0.120. The molecule has 4 rings (SSSR count). The Bertz CT molecular complexity index is 573. The molecular weight excluding hydrogens is 222 g/mol. The van der Waals surface area contributed by atoms with Gasteiger partial charge < -0.3 is 11.1 Å². The summed E-state index contributed by atoms with van der Waals surface area (Å²) < 4.78 is 0. The van der Waals surface area contributed by atoms with Gasteiger partial charge in [0.25, 0.3) is 0 Å². The first-order chi connectivity index (χ1) is 8.74. The fraction of sp³-hybridized carbons (Fsp3) is 0.333. The second kappa shape index (κ2) is 3.46. The number of nitrogens with two attached hydrogens (primary N) is 1. The molecule has 1 aromatic rings. The lowest BCUT2D eigenvalue weighted by molar-refractivity contribution is 0.627. The lowest BCUT2D eigenvalue weighted by Gasteiger charge is -2.21. The molecule has 0 saturated carbocycles. The summed E-state index contributed by atoms with van der Waals surface area (Å²) in [7, 11) is 0. The summed E-state index contributed by atoms with van der Waals surface area (Å²) in [4.78, 5) is 0. The minimum Gasteiger partial charge on any atom is -0.367 e. The van der Waals surface area contributed by atoms with E-state index in [1.807, 2.05) is 0 Å². The zero-order chi connectivity index (χ0) is 12.3. The van der Waals surface area contributed by atoms with Crippen molar-refractivity contribution in [1.82, 2.24) is 5.32 Å². The highest BCUT2D eigenvalue weighted by Gasteiger charge is 2.45. The molecule has 0 spiro atoms. The van der Waals surface area contributed by atoms with Crippen molar-refractivity contribution in [2.45, 2.75) is 25.2 Å². The molecule has 3 aliphatic rings. The van der Waals surface area contributed by atoms with Crippen LogP contribution >= 0.6 is 0 Å². The fourth-order valence-electron chi connectivity index (χ4n) is 2.90. The number of hydrogen-bond donors (Lipinski definition) is 3. The van der Waals surface area contributed by atoms with Gasteiger partial charge in [-0.25, -0.2) is 0 Å². The smallest absolute Gasteiger partial charge is 0.0975 e.